The number of carbonyl (C=O) groups is 1. The number of ether oxygens (including phenoxy) is 1. The smallest absolute Gasteiger partial charge is 0.253 e. The third-order valence-corrected chi connectivity index (χ3v) is 7.80. The van der Waals surface area contributed by atoms with Crippen LogP contribution in [-0.4, -0.2) is 55.9 Å². The lowest BCUT2D eigenvalue weighted by atomic mass is 10.0. The summed E-state index contributed by atoms with van der Waals surface area (Å²) in [5.74, 6) is -0.162. The zero-order valence-corrected chi connectivity index (χ0v) is 20.5. The Kier molecular flexibility index (Phi) is 7.16. The van der Waals surface area contributed by atoms with E-state index in [1.807, 2.05) is 44.2 Å². The van der Waals surface area contributed by atoms with E-state index in [4.69, 9.17) is 4.74 Å². The maximum Gasteiger partial charge on any atom is 0.253 e. The number of benzene rings is 3. The summed E-state index contributed by atoms with van der Waals surface area (Å²) >= 11 is 0. The number of sulfonamides is 1. The molecule has 178 valence electrons. The lowest BCUT2D eigenvalue weighted by molar-refractivity contribution is -0.0440. The molecule has 1 saturated heterocycles. The fourth-order valence-electron chi connectivity index (χ4n) is 4.24. The zero-order chi connectivity index (χ0) is 24.3. The van der Waals surface area contributed by atoms with Crippen LogP contribution in [0, 0.1) is 0 Å². The molecule has 2 unspecified atom stereocenters. The van der Waals surface area contributed by atoms with Gasteiger partial charge in [-0.15, -0.1) is 0 Å². The Morgan fingerprint density at radius 3 is 2.03 bits per heavy atom. The zero-order valence-electron chi connectivity index (χ0n) is 19.7. The van der Waals surface area contributed by atoms with E-state index in [0.29, 0.717) is 25.2 Å². The van der Waals surface area contributed by atoms with Crippen molar-refractivity contribution in [1.82, 2.24) is 9.21 Å². The first-order valence-corrected chi connectivity index (χ1v) is 12.8. The molecule has 0 N–H and O–H groups in total. The Bertz CT molecular complexity index is 1220. The molecular formula is C27H30N2O4S. The number of hydrogen-bond donors (Lipinski definition) is 0. The lowest BCUT2D eigenvalue weighted by Gasteiger charge is -2.34. The summed E-state index contributed by atoms with van der Waals surface area (Å²) in [6.07, 6.45) is -0.315. The van der Waals surface area contributed by atoms with Gasteiger partial charge in [-0.1, -0.05) is 54.6 Å². The predicted molar refractivity (Wildman–Crippen MR) is 133 cm³/mol. The number of morpholine rings is 1. The maximum atomic E-state index is 13.0. The van der Waals surface area contributed by atoms with Crippen molar-refractivity contribution in [1.29, 1.82) is 0 Å². The fourth-order valence-corrected chi connectivity index (χ4v) is 5.84. The Morgan fingerprint density at radius 1 is 0.882 bits per heavy atom. The highest BCUT2D eigenvalue weighted by molar-refractivity contribution is 7.89. The van der Waals surface area contributed by atoms with Crippen LogP contribution in [0.3, 0.4) is 0 Å². The van der Waals surface area contributed by atoms with Gasteiger partial charge in [0.25, 0.3) is 5.91 Å². The van der Waals surface area contributed by atoms with Crippen molar-refractivity contribution in [3.05, 3.63) is 90.0 Å². The monoisotopic (exact) mass is 478 g/mol. The molecule has 0 aliphatic carbocycles. The summed E-state index contributed by atoms with van der Waals surface area (Å²) in [5.41, 5.74) is 3.74. The summed E-state index contributed by atoms with van der Waals surface area (Å²) in [4.78, 5) is 14.8. The quantitative estimate of drug-likeness (QED) is 0.526. The Hall–Kier alpha value is -3.00. The Balaban J connectivity index is 1.42. The van der Waals surface area contributed by atoms with Gasteiger partial charge in [0.1, 0.15) is 0 Å². The second-order valence-electron chi connectivity index (χ2n) is 8.83. The SMILES string of the molecule is CC1CN(S(=O)(=O)c2ccc(C(=O)N(C)Cc3ccc(-c4ccccc4)cc3)cc2)CC(C)O1. The lowest BCUT2D eigenvalue weighted by Crippen LogP contribution is -2.48. The third-order valence-electron chi connectivity index (χ3n) is 5.95. The molecule has 0 bridgehead atoms. The molecule has 1 aliphatic rings. The van der Waals surface area contributed by atoms with E-state index in [1.54, 1.807) is 24.1 Å². The maximum absolute atomic E-state index is 13.0. The minimum absolute atomic E-state index is 0.158. The highest BCUT2D eigenvalue weighted by Gasteiger charge is 2.32. The van der Waals surface area contributed by atoms with Gasteiger partial charge < -0.3 is 9.64 Å². The number of amides is 1. The van der Waals surface area contributed by atoms with Gasteiger partial charge in [-0.05, 0) is 54.8 Å². The first kappa shape index (κ1) is 24.1. The standard InChI is InChI=1S/C27H30N2O4S/c1-20-17-29(18-21(2)33-20)34(31,32)26-15-13-25(14-16-26)27(30)28(3)19-22-9-11-24(12-10-22)23-7-5-4-6-8-23/h4-16,20-21H,17-19H2,1-3H3. The molecule has 0 radical (unpaired) electrons. The summed E-state index contributed by atoms with van der Waals surface area (Å²) < 4.78 is 33.2. The van der Waals surface area contributed by atoms with E-state index in [2.05, 4.69) is 24.3 Å². The highest BCUT2D eigenvalue weighted by Crippen LogP contribution is 2.23. The summed E-state index contributed by atoms with van der Waals surface area (Å²) in [6, 6.07) is 24.5. The van der Waals surface area contributed by atoms with Crippen LogP contribution in [0.1, 0.15) is 29.8 Å². The van der Waals surface area contributed by atoms with Crippen LogP contribution in [-0.2, 0) is 21.3 Å². The van der Waals surface area contributed by atoms with E-state index in [1.165, 1.54) is 16.4 Å². The molecule has 2 atom stereocenters. The van der Waals surface area contributed by atoms with Gasteiger partial charge in [0.05, 0.1) is 17.1 Å². The van der Waals surface area contributed by atoms with Gasteiger partial charge in [-0.3, -0.25) is 4.79 Å². The normalized spacial score (nSPS) is 19.0. The second kappa shape index (κ2) is 10.1. The van der Waals surface area contributed by atoms with Gasteiger partial charge in [0, 0.05) is 32.2 Å². The minimum atomic E-state index is -3.64. The molecule has 6 nitrogen and oxygen atoms in total. The van der Waals surface area contributed by atoms with Crippen LogP contribution in [0.4, 0.5) is 0 Å². The Morgan fingerprint density at radius 2 is 1.44 bits per heavy atom. The summed E-state index contributed by atoms with van der Waals surface area (Å²) in [7, 11) is -1.89. The van der Waals surface area contributed by atoms with Crippen molar-refractivity contribution >= 4 is 15.9 Å². The van der Waals surface area contributed by atoms with Gasteiger partial charge >= 0.3 is 0 Å². The van der Waals surface area contributed by atoms with Crippen molar-refractivity contribution < 1.29 is 17.9 Å². The first-order valence-electron chi connectivity index (χ1n) is 11.4. The molecule has 1 amide bonds. The van der Waals surface area contributed by atoms with E-state index in [9.17, 15) is 13.2 Å². The van der Waals surface area contributed by atoms with Crippen molar-refractivity contribution in [2.24, 2.45) is 0 Å². The van der Waals surface area contributed by atoms with Gasteiger partial charge in [-0.25, -0.2) is 8.42 Å². The Labute approximate surface area is 201 Å². The molecule has 4 rings (SSSR count). The number of rotatable bonds is 6. The highest BCUT2D eigenvalue weighted by atomic mass is 32.2. The van der Waals surface area contributed by atoms with Crippen molar-refractivity contribution in [2.75, 3.05) is 20.1 Å². The average Bonchev–Trinajstić information content (AvgIpc) is 2.84. The van der Waals surface area contributed by atoms with E-state index < -0.39 is 10.0 Å². The molecule has 0 aromatic heterocycles. The molecule has 34 heavy (non-hydrogen) atoms. The predicted octanol–water partition coefficient (Wildman–Crippen LogP) is 4.42. The molecule has 0 saturated carbocycles. The molecule has 3 aromatic rings. The van der Waals surface area contributed by atoms with Crippen LogP contribution in [0.25, 0.3) is 11.1 Å². The number of hydrogen-bond acceptors (Lipinski definition) is 4. The molecule has 0 spiro atoms. The first-order chi connectivity index (χ1) is 16.2. The average molecular weight is 479 g/mol. The van der Waals surface area contributed by atoms with Crippen LogP contribution >= 0.6 is 0 Å². The van der Waals surface area contributed by atoms with Gasteiger partial charge in [-0.2, -0.15) is 4.31 Å². The third kappa shape index (κ3) is 5.38. The number of nitrogens with zero attached hydrogens (tertiary/aromatic N) is 2. The molecular weight excluding hydrogens is 448 g/mol. The second-order valence-corrected chi connectivity index (χ2v) is 10.8. The summed E-state index contributed by atoms with van der Waals surface area (Å²) in [6.45, 7) is 4.83. The largest absolute Gasteiger partial charge is 0.373 e. The van der Waals surface area contributed by atoms with Crippen molar-refractivity contribution in [2.45, 2.75) is 37.5 Å². The number of carbonyl (C=O) groups excluding carboxylic acids is 1. The molecule has 1 fully saturated rings. The molecule has 3 aromatic carbocycles. The van der Waals surface area contributed by atoms with Crippen LogP contribution < -0.4 is 0 Å². The van der Waals surface area contributed by atoms with E-state index >= 15 is 0 Å². The van der Waals surface area contributed by atoms with Crippen LogP contribution in [0.15, 0.2) is 83.8 Å². The van der Waals surface area contributed by atoms with Crippen LogP contribution in [0.5, 0.6) is 0 Å². The fraction of sp³-hybridized carbons (Fsp3) is 0.296. The van der Waals surface area contributed by atoms with Gasteiger partial charge in [0.15, 0.2) is 0 Å². The molecule has 7 heteroatoms. The van der Waals surface area contributed by atoms with Crippen LogP contribution in [0.2, 0.25) is 0 Å². The molecule has 1 heterocycles. The van der Waals surface area contributed by atoms with Crippen molar-refractivity contribution in [3.8, 4) is 11.1 Å². The molecule has 1 aliphatic heterocycles. The van der Waals surface area contributed by atoms with E-state index in [0.717, 1.165) is 16.7 Å². The van der Waals surface area contributed by atoms with E-state index in [-0.39, 0.29) is 23.0 Å². The van der Waals surface area contributed by atoms with Crippen molar-refractivity contribution in [3.63, 3.8) is 0 Å². The minimum Gasteiger partial charge on any atom is -0.373 e. The topological polar surface area (TPSA) is 66.9 Å². The van der Waals surface area contributed by atoms with Gasteiger partial charge in [0.2, 0.25) is 10.0 Å². The summed E-state index contributed by atoms with van der Waals surface area (Å²) in [5, 5.41) is 0.